The van der Waals surface area contributed by atoms with Gasteiger partial charge in [-0.15, -0.1) is 0 Å². The summed E-state index contributed by atoms with van der Waals surface area (Å²) in [6.45, 7) is 2.95. The van der Waals surface area contributed by atoms with Crippen LogP contribution in [0.1, 0.15) is 43.9 Å². The number of carbonyl (C=O) groups is 3. The van der Waals surface area contributed by atoms with Crippen molar-refractivity contribution in [3.63, 3.8) is 0 Å². The Bertz CT molecular complexity index is 1070. The van der Waals surface area contributed by atoms with Gasteiger partial charge in [0.2, 0.25) is 11.8 Å². The number of nitrogens with one attached hydrogen (secondary N) is 1. The summed E-state index contributed by atoms with van der Waals surface area (Å²) in [4.78, 5) is 54.4. The van der Waals surface area contributed by atoms with Gasteiger partial charge in [-0.3, -0.25) is 14.4 Å². The molecular weight excluding hydrogens is 480 g/mol. The lowest BCUT2D eigenvalue weighted by Gasteiger charge is -2.56. The summed E-state index contributed by atoms with van der Waals surface area (Å²) >= 11 is 1.56. The Morgan fingerprint density at radius 3 is 2.69 bits per heavy atom. The number of aromatic amines is 1. The highest BCUT2D eigenvalue weighted by atomic mass is 32.2. The van der Waals surface area contributed by atoms with Crippen molar-refractivity contribution < 1.29 is 24.3 Å². The van der Waals surface area contributed by atoms with Crippen LogP contribution >= 0.6 is 11.8 Å². The quantitative estimate of drug-likeness (QED) is 0.529. The third kappa shape index (κ3) is 4.41. The predicted molar refractivity (Wildman–Crippen MR) is 136 cm³/mol. The molecule has 0 radical (unpaired) electrons. The second-order valence-corrected chi connectivity index (χ2v) is 10.4. The molecule has 1 aromatic heterocycles. The molecule has 3 atom stereocenters. The number of hydrogen-bond donors (Lipinski definition) is 2. The van der Waals surface area contributed by atoms with Crippen molar-refractivity contribution in [2.75, 3.05) is 31.7 Å². The van der Waals surface area contributed by atoms with Crippen LogP contribution in [-0.4, -0.2) is 80.1 Å². The third-order valence-corrected chi connectivity index (χ3v) is 8.41. The average Bonchev–Trinajstić information content (AvgIpc) is 3.60. The van der Waals surface area contributed by atoms with Crippen LogP contribution in [0.2, 0.25) is 0 Å². The molecule has 4 rings (SSSR count). The first-order chi connectivity index (χ1) is 17.4. The molecule has 36 heavy (non-hydrogen) atoms. The number of carbonyl (C=O) groups excluding carboxylic acids is 2. The summed E-state index contributed by atoms with van der Waals surface area (Å²) in [6.07, 6.45) is 6.93. The van der Waals surface area contributed by atoms with E-state index in [9.17, 15) is 19.5 Å². The van der Waals surface area contributed by atoms with E-state index in [-0.39, 0.29) is 37.0 Å². The molecule has 0 aliphatic carbocycles. The van der Waals surface area contributed by atoms with E-state index in [0.717, 1.165) is 11.3 Å². The number of hydrogen-bond acceptors (Lipinski definition) is 6. The molecular formula is C26H34N4O5S. The van der Waals surface area contributed by atoms with E-state index in [1.54, 1.807) is 31.2 Å². The molecule has 2 aliphatic rings. The number of likely N-dealkylation sites (tertiary alicyclic amines) is 1. The van der Waals surface area contributed by atoms with Gasteiger partial charge in [-0.2, -0.15) is 11.8 Å². The van der Waals surface area contributed by atoms with Crippen molar-refractivity contribution in [1.29, 1.82) is 0 Å². The minimum Gasteiger partial charge on any atom is -0.479 e. The molecule has 0 spiro atoms. The molecule has 2 aromatic rings. The van der Waals surface area contributed by atoms with Gasteiger partial charge in [-0.1, -0.05) is 37.3 Å². The largest absolute Gasteiger partial charge is 0.479 e. The monoisotopic (exact) mass is 514 g/mol. The van der Waals surface area contributed by atoms with Crippen molar-refractivity contribution >= 4 is 29.5 Å². The standard InChI is InChI=1S/C26H34N4O5S/c1-3-22(31)30-26(24(33)34,11-7-13-35-30)25(17-36-2,19-8-5-4-6-9-19)20-10-12-29(16-20)23(32)14-21-15-27-18-28-21/h4-6,8-9,15,18,20H,3,7,10-14,16-17H2,1-2H3,(H,27,28)(H,33,34)/t20-,25?,26-/m1/s1. The molecule has 1 unspecified atom stereocenters. The Morgan fingerprint density at radius 2 is 2.06 bits per heavy atom. The van der Waals surface area contributed by atoms with Crippen molar-refractivity contribution in [3.05, 3.63) is 54.1 Å². The number of rotatable bonds is 9. The molecule has 3 heterocycles. The van der Waals surface area contributed by atoms with E-state index in [4.69, 9.17) is 4.84 Å². The minimum atomic E-state index is -1.60. The minimum absolute atomic E-state index is 0.0291. The molecule has 0 bridgehead atoms. The summed E-state index contributed by atoms with van der Waals surface area (Å²) in [7, 11) is 0. The zero-order chi connectivity index (χ0) is 25.8. The number of aromatic nitrogens is 2. The second kappa shape index (κ2) is 11.0. The molecule has 0 saturated carbocycles. The molecule has 2 N–H and O–H groups in total. The van der Waals surface area contributed by atoms with Gasteiger partial charge in [0.15, 0.2) is 5.54 Å². The Kier molecular flexibility index (Phi) is 8.04. The SMILES string of the molecule is CCC(=O)N1OCCC[C@@]1(C(=O)O)C(CSC)(c1ccccc1)[C@@H]1CCN(C(=O)Cc2cnc[nH]2)C1. The summed E-state index contributed by atoms with van der Waals surface area (Å²) in [5.41, 5.74) is -0.984. The first-order valence-electron chi connectivity index (χ1n) is 12.4. The molecule has 2 aliphatic heterocycles. The van der Waals surface area contributed by atoms with Crippen LogP contribution in [0.4, 0.5) is 0 Å². The van der Waals surface area contributed by atoms with Crippen LogP contribution in [0.25, 0.3) is 0 Å². The van der Waals surface area contributed by atoms with Crippen LogP contribution in [0.5, 0.6) is 0 Å². The summed E-state index contributed by atoms with van der Waals surface area (Å²) in [5.74, 6) is -1.16. The fourth-order valence-corrected chi connectivity index (χ4v) is 7.15. The summed E-state index contributed by atoms with van der Waals surface area (Å²) < 4.78 is 0. The fraction of sp³-hybridized carbons (Fsp3) is 0.538. The number of H-pyrrole nitrogens is 1. The zero-order valence-electron chi connectivity index (χ0n) is 20.8. The molecule has 9 nitrogen and oxygen atoms in total. The fourth-order valence-electron chi connectivity index (χ4n) is 6.05. The Balaban J connectivity index is 1.83. The number of nitrogens with zero attached hydrogens (tertiary/aromatic N) is 3. The maximum atomic E-state index is 13.4. The maximum Gasteiger partial charge on any atom is 0.333 e. The topological polar surface area (TPSA) is 116 Å². The molecule has 194 valence electrons. The number of hydroxylamine groups is 2. The number of thioether (sulfide) groups is 1. The van der Waals surface area contributed by atoms with Crippen molar-refractivity contribution in [2.24, 2.45) is 5.92 Å². The number of carboxylic acids is 1. The lowest BCUT2D eigenvalue weighted by Crippen LogP contribution is -2.73. The number of amides is 2. The van der Waals surface area contributed by atoms with E-state index in [1.807, 2.05) is 41.5 Å². The highest BCUT2D eigenvalue weighted by molar-refractivity contribution is 7.98. The first kappa shape index (κ1) is 26.2. The van der Waals surface area contributed by atoms with Gasteiger partial charge in [0.25, 0.3) is 0 Å². The van der Waals surface area contributed by atoms with E-state index in [1.165, 1.54) is 5.06 Å². The lowest BCUT2D eigenvalue weighted by atomic mass is 9.56. The Labute approximate surface area is 215 Å². The molecule has 1 aromatic carbocycles. The van der Waals surface area contributed by atoms with E-state index in [2.05, 4.69) is 9.97 Å². The van der Waals surface area contributed by atoms with Crippen LogP contribution in [0, 0.1) is 5.92 Å². The number of aliphatic carboxylic acids is 1. The summed E-state index contributed by atoms with van der Waals surface area (Å²) in [6, 6.07) is 9.64. The number of carboxylic acid groups (broad SMARTS) is 1. The van der Waals surface area contributed by atoms with E-state index < -0.39 is 16.9 Å². The average molecular weight is 515 g/mol. The molecule has 2 amide bonds. The summed E-state index contributed by atoms with van der Waals surface area (Å²) in [5, 5.41) is 12.1. The van der Waals surface area contributed by atoms with Gasteiger partial charge in [-0.25, -0.2) is 14.8 Å². The highest BCUT2D eigenvalue weighted by Crippen LogP contribution is 2.53. The van der Waals surface area contributed by atoms with Crippen molar-refractivity contribution in [3.8, 4) is 0 Å². The van der Waals surface area contributed by atoms with Crippen LogP contribution in [0.15, 0.2) is 42.9 Å². The smallest absolute Gasteiger partial charge is 0.333 e. The van der Waals surface area contributed by atoms with E-state index in [0.29, 0.717) is 38.3 Å². The maximum absolute atomic E-state index is 13.4. The van der Waals surface area contributed by atoms with Crippen LogP contribution in [-0.2, 0) is 31.1 Å². The van der Waals surface area contributed by atoms with Crippen LogP contribution < -0.4 is 0 Å². The van der Waals surface area contributed by atoms with Gasteiger partial charge in [0.1, 0.15) is 0 Å². The number of imidazole rings is 1. The molecule has 10 heteroatoms. The molecule has 2 fully saturated rings. The van der Waals surface area contributed by atoms with Crippen molar-refractivity contribution in [1.82, 2.24) is 19.9 Å². The highest BCUT2D eigenvalue weighted by Gasteiger charge is 2.67. The lowest BCUT2D eigenvalue weighted by molar-refractivity contribution is -0.261. The predicted octanol–water partition coefficient (Wildman–Crippen LogP) is 2.89. The van der Waals surface area contributed by atoms with Crippen molar-refractivity contribution in [2.45, 2.75) is 50.0 Å². The normalized spacial score (nSPS) is 23.9. The van der Waals surface area contributed by atoms with Gasteiger partial charge in [0, 0.05) is 42.6 Å². The zero-order valence-corrected chi connectivity index (χ0v) is 21.6. The first-order valence-corrected chi connectivity index (χ1v) is 13.8. The third-order valence-electron chi connectivity index (χ3n) is 7.67. The van der Waals surface area contributed by atoms with Gasteiger partial charge < -0.3 is 15.0 Å². The Morgan fingerprint density at radius 1 is 1.28 bits per heavy atom. The van der Waals surface area contributed by atoms with Crippen LogP contribution in [0.3, 0.4) is 0 Å². The van der Waals surface area contributed by atoms with E-state index >= 15 is 0 Å². The Hall–Kier alpha value is -2.85. The second-order valence-electron chi connectivity index (χ2n) is 9.49. The number of benzene rings is 1. The van der Waals surface area contributed by atoms with Gasteiger partial charge in [-0.05, 0) is 37.0 Å². The molecule has 2 saturated heterocycles. The van der Waals surface area contributed by atoms with Gasteiger partial charge in [0.05, 0.1) is 19.4 Å². The van der Waals surface area contributed by atoms with Gasteiger partial charge >= 0.3 is 5.97 Å².